The molecule has 224 valence electrons. The van der Waals surface area contributed by atoms with Crippen molar-refractivity contribution in [2.75, 3.05) is 9.80 Å². The lowest BCUT2D eigenvalue weighted by Gasteiger charge is -2.44. The molecule has 6 atom stereocenters. The van der Waals surface area contributed by atoms with Crippen LogP contribution in [-0.2, 0) is 19.2 Å². The first-order chi connectivity index (χ1) is 21.7. The minimum absolute atomic E-state index is 0.0359. The highest BCUT2D eigenvalue weighted by Crippen LogP contribution is 2.60. The van der Waals surface area contributed by atoms with E-state index in [2.05, 4.69) is 31.9 Å². The summed E-state index contributed by atoms with van der Waals surface area (Å²) in [7, 11) is 0. The summed E-state index contributed by atoms with van der Waals surface area (Å²) >= 11 is 6.85. The van der Waals surface area contributed by atoms with Gasteiger partial charge in [-0.15, -0.1) is 0 Å². The predicted molar refractivity (Wildman–Crippen MR) is 176 cm³/mol. The van der Waals surface area contributed by atoms with E-state index in [4.69, 9.17) is 0 Å². The van der Waals surface area contributed by atoms with Gasteiger partial charge in [-0.25, -0.2) is 0 Å². The molecule has 2 aliphatic carbocycles. The molecule has 4 aliphatic rings. The van der Waals surface area contributed by atoms with Crippen LogP contribution in [0.25, 0.3) is 10.8 Å². The van der Waals surface area contributed by atoms with Gasteiger partial charge in [-0.05, 0) is 84.1 Å². The third-order valence-corrected chi connectivity index (χ3v) is 11.1. The van der Waals surface area contributed by atoms with Crippen molar-refractivity contribution in [2.45, 2.75) is 18.8 Å². The van der Waals surface area contributed by atoms with Crippen LogP contribution in [-0.4, -0.2) is 28.7 Å². The first-order valence-corrected chi connectivity index (χ1v) is 16.5. The number of hydrogen-bond donors (Lipinski definition) is 1. The summed E-state index contributed by atoms with van der Waals surface area (Å²) in [6.07, 6.45) is 2.61. The van der Waals surface area contributed by atoms with Crippen molar-refractivity contribution in [1.29, 1.82) is 0 Å². The lowest BCUT2D eigenvalue weighted by Crippen LogP contribution is -2.43. The highest BCUT2D eigenvalue weighted by Gasteiger charge is 2.62. The zero-order valence-electron chi connectivity index (χ0n) is 23.8. The topological polar surface area (TPSA) is 95.0 Å². The van der Waals surface area contributed by atoms with Crippen LogP contribution < -0.4 is 9.80 Å². The van der Waals surface area contributed by atoms with Crippen LogP contribution in [0.2, 0.25) is 0 Å². The Hall–Kier alpha value is -4.08. The van der Waals surface area contributed by atoms with E-state index in [0.717, 1.165) is 25.3 Å². The number of phenolic OH excluding ortho intramolecular Hbond substituents is 1. The maximum atomic E-state index is 14.4. The molecule has 3 fully saturated rings. The molecule has 2 heterocycles. The van der Waals surface area contributed by atoms with E-state index in [1.807, 2.05) is 36.4 Å². The van der Waals surface area contributed by atoms with Gasteiger partial charge in [0.15, 0.2) is 0 Å². The molecule has 0 radical (unpaired) electrons. The number of halogens is 2. The SMILES string of the molecule is O=C1C2CC=C3C(CC4C(=O)N(c5ccc(Br)cc5)C(=O)C4C3c3c(O)ccc4ccccc34)C2C(=O)N1c1ccc(Br)cc1. The summed E-state index contributed by atoms with van der Waals surface area (Å²) in [5.41, 5.74) is 2.42. The second-order valence-corrected chi connectivity index (χ2v) is 14.1. The molecule has 0 aromatic heterocycles. The van der Waals surface area contributed by atoms with Gasteiger partial charge in [-0.1, -0.05) is 73.8 Å². The fourth-order valence-corrected chi connectivity index (χ4v) is 8.74. The van der Waals surface area contributed by atoms with Gasteiger partial charge >= 0.3 is 0 Å². The highest BCUT2D eigenvalue weighted by atomic mass is 79.9. The van der Waals surface area contributed by atoms with Crippen LogP contribution in [0.5, 0.6) is 5.75 Å². The van der Waals surface area contributed by atoms with E-state index in [1.54, 1.807) is 54.6 Å². The summed E-state index contributed by atoms with van der Waals surface area (Å²) in [4.78, 5) is 59.2. The molecule has 4 amide bonds. The van der Waals surface area contributed by atoms with Gasteiger partial charge in [-0.3, -0.25) is 29.0 Å². The lowest BCUT2D eigenvalue weighted by molar-refractivity contribution is -0.126. The molecule has 45 heavy (non-hydrogen) atoms. The molecule has 9 heteroatoms. The van der Waals surface area contributed by atoms with Crippen LogP contribution in [0.4, 0.5) is 11.4 Å². The van der Waals surface area contributed by atoms with E-state index in [-0.39, 0.29) is 35.8 Å². The average Bonchev–Trinajstić information content (AvgIpc) is 3.45. The Morgan fingerprint density at radius 3 is 1.84 bits per heavy atom. The zero-order chi connectivity index (χ0) is 31.1. The van der Waals surface area contributed by atoms with E-state index in [9.17, 15) is 24.3 Å². The molecule has 0 spiro atoms. The Bertz CT molecular complexity index is 1970. The number of imide groups is 2. The molecule has 8 rings (SSSR count). The van der Waals surface area contributed by atoms with Gasteiger partial charge in [0.1, 0.15) is 5.75 Å². The number of nitrogens with zero attached hydrogens (tertiary/aromatic N) is 2. The Balaban J connectivity index is 1.29. The smallest absolute Gasteiger partial charge is 0.238 e. The molecule has 4 aromatic carbocycles. The van der Waals surface area contributed by atoms with Crippen LogP contribution in [0, 0.1) is 29.6 Å². The second kappa shape index (κ2) is 10.5. The van der Waals surface area contributed by atoms with Gasteiger partial charge in [0.05, 0.1) is 35.0 Å². The Morgan fingerprint density at radius 1 is 0.622 bits per heavy atom. The largest absolute Gasteiger partial charge is 0.508 e. The van der Waals surface area contributed by atoms with Gasteiger partial charge in [0.25, 0.3) is 0 Å². The van der Waals surface area contributed by atoms with Crippen LogP contribution in [0.3, 0.4) is 0 Å². The van der Waals surface area contributed by atoms with Crippen molar-refractivity contribution in [3.63, 3.8) is 0 Å². The van der Waals surface area contributed by atoms with E-state index in [1.165, 1.54) is 9.80 Å². The minimum atomic E-state index is -0.772. The number of carbonyl (C=O) groups is 4. The van der Waals surface area contributed by atoms with E-state index in [0.29, 0.717) is 23.4 Å². The van der Waals surface area contributed by atoms with Gasteiger partial charge < -0.3 is 5.11 Å². The van der Waals surface area contributed by atoms with Crippen molar-refractivity contribution >= 4 is 77.6 Å². The van der Waals surface area contributed by atoms with Crippen molar-refractivity contribution < 1.29 is 24.3 Å². The van der Waals surface area contributed by atoms with Crippen LogP contribution in [0.15, 0.2) is 106 Å². The molecule has 2 saturated heterocycles. The summed E-state index contributed by atoms with van der Waals surface area (Å²) in [5.74, 6) is -4.99. The molecule has 0 bridgehead atoms. The highest BCUT2D eigenvalue weighted by molar-refractivity contribution is 9.10. The maximum absolute atomic E-state index is 14.4. The molecule has 1 N–H and O–H groups in total. The van der Waals surface area contributed by atoms with Gasteiger partial charge in [-0.2, -0.15) is 0 Å². The first kappa shape index (κ1) is 28.4. The summed E-state index contributed by atoms with van der Waals surface area (Å²) < 4.78 is 1.66. The number of phenols is 1. The monoisotopic (exact) mass is 724 g/mol. The molecule has 2 aliphatic heterocycles. The molecule has 4 aromatic rings. The van der Waals surface area contributed by atoms with E-state index < -0.39 is 35.5 Å². The third kappa shape index (κ3) is 4.20. The summed E-state index contributed by atoms with van der Waals surface area (Å²) in [5, 5.41) is 13.1. The molecule has 1 saturated carbocycles. The number of amides is 4. The number of hydrogen-bond acceptors (Lipinski definition) is 5. The second-order valence-electron chi connectivity index (χ2n) is 12.2. The average molecular weight is 726 g/mol. The molecule has 7 nitrogen and oxygen atoms in total. The number of anilines is 2. The lowest BCUT2D eigenvalue weighted by atomic mass is 9.56. The van der Waals surface area contributed by atoms with Crippen LogP contribution >= 0.6 is 31.9 Å². The molecule has 6 unspecified atom stereocenters. The number of rotatable bonds is 3. The predicted octanol–water partition coefficient (Wildman–Crippen LogP) is 7.12. The standard InChI is InChI=1S/C36H26Br2N2O5/c37-19-6-10-21(11-7-19)39-33(42)25-15-14-24-26(29(25)35(39)44)17-27-32(36(45)40(34(27)43)22-12-8-20(38)9-13-22)31(24)30-23-4-2-1-3-18(23)5-16-28(30)41/h1-14,16,25-27,29,31-32,41H,15,17H2. The fourth-order valence-electron chi connectivity index (χ4n) is 8.21. The minimum Gasteiger partial charge on any atom is -0.508 e. The van der Waals surface area contributed by atoms with Crippen molar-refractivity contribution in [3.05, 3.63) is 111 Å². The molecular weight excluding hydrogens is 700 g/mol. The normalized spacial score (nSPS) is 27.5. The Labute approximate surface area is 275 Å². The first-order valence-electron chi connectivity index (χ1n) is 14.9. The van der Waals surface area contributed by atoms with Gasteiger partial charge in [0, 0.05) is 20.4 Å². The zero-order valence-corrected chi connectivity index (χ0v) is 26.9. The number of benzene rings is 4. The summed E-state index contributed by atoms with van der Waals surface area (Å²) in [6.45, 7) is 0. The summed E-state index contributed by atoms with van der Waals surface area (Å²) in [6, 6.07) is 25.3. The number of allylic oxidation sites excluding steroid dienone is 2. The number of aromatic hydroxyl groups is 1. The van der Waals surface area contributed by atoms with Crippen molar-refractivity contribution in [1.82, 2.24) is 0 Å². The Morgan fingerprint density at radius 2 is 1.20 bits per heavy atom. The number of carbonyl (C=O) groups excluding carboxylic acids is 4. The fraction of sp³-hybridized carbons (Fsp3) is 0.222. The van der Waals surface area contributed by atoms with Crippen molar-refractivity contribution in [3.8, 4) is 5.75 Å². The van der Waals surface area contributed by atoms with Crippen LogP contribution in [0.1, 0.15) is 24.3 Å². The van der Waals surface area contributed by atoms with Gasteiger partial charge in [0.2, 0.25) is 23.6 Å². The van der Waals surface area contributed by atoms with Crippen molar-refractivity contribution in [2.24, 2.45) is 29.6 Å². The van der Waals surface area contributed by atoms with E-state index >= 15 is 0 Å². The maximum Gasteiger partial charge on any atom is 0.238 e. The third-order valence-electron chi connectivity index (χ3n) is 10.1. The quantitative estimate of drug-likeness (QED) is 0.179. The number of fused-ring (bicyclic) bond motifs is 5. The Kier molecular flexibility index (Phi) is 6.62. The molecular formula is C36H26Br2N2O5.